The predicted molar refractivity (Wildman–Crippen MR) is 118 cm³/mol. The van der Waals surface area contributed by atoms with Crippen molar-refractivity contribution in [3.63, 3.8) is 0 Å². The molecule has 0 bridgehead atoms. The summed E-state index contributed by atoms with van der Waals surface area (Å²) in [6.45, 7) is 1.46. The van der Waals surface area contributed by atoms with E-state index in [-0.39, 0.29) is 17.6 Å². The topological polar surface area (TPSA) is 67.4 Å². The maximum Gasteiger partial charge on any atom is 0.234 e. The molecule has 0 aliphatic carbocycles. The first-order chi connectivity index (χ1) is 14.0. The molecule has 0 unspecified atom stereocenters. The first-order valence-corrected chi connectivity index (χ1v) is 10.2. The fourth-order valence-electron chi connectivity index (χ4n) is 2.48. The summed E-state index contributed by atoms with van der Waals surface area (Å²) in [5, 5.41) is 6.07. The van der Waals surface area contributed by atoms with Gasteiger partial charge in [0.15, 0.2) is 5.75 Å². The molecule has 0 aliphatic rings. The Kier molecular flexibility index (Phi) is 7.16. The minimum Gasteiger partial charge on any atom is -0.454 e. The van der Waals surface area contributed by atoms with E-state index in [0.29, 0.717) is 22.2 Å². The minimum atomic E-state index is -0.156. The molecule has 0 aliphatic heterocycles. The van der Waals surface area contributed by atoms with Crippen LogP contribution in [0.15, 0.2) is 77.7 Å². The zero-order valence-corrected chi connectivity index (χ0v) is 17.2. The van der Waals surface area contributed by atoms with Crippen LogP contribution in [0.3, 0.4) is 0 Å². The third-order valence-corrected chi connectivity index (χ3v) is 5.09. The number of ether oxygens (including phenoxy) is 1. The quantitative estimate of drug-likeness (QED) is 0.467. The number of para-hydroxylation sites is 3. The summed E-state index contributed by atoms with van der Waals surface area (Å²) >= 11 is 7.55. The number of hydrogen-bond acceptors (Lipinski definition) is 4. The molecule has 3 aromatic carbocycles. The van der Waals surface area contributed by atoms with Crippen molar-refractivity contribution in [3.05, 3.63) is 77.8 Å². The molecule has 0 fully saturated rings. The predicted octanol–water partition coefficient (Wildman–Crippen LogP) is 5.82. The van der Waals surface area contributed by atoms with Crippen LogP contribution in [0.2, 0.25) is 5.02 Å². The molecular formula is C22H19ClN2O3S. The van der Waals surface area contributed by atoms with Gasteiger partial charge in [-0.25, -0.2) is 0 Å². The first-order valence-electron chi connectivity index (χ1n) is 8.83. The highest BCUT2D eigenvalue weighted by Gasteiger charge is 2.10. The molecule has 0 aromatic heterocycles. The van der Waals surface area contributed by atoms with Crippen molar-refractivity contribution in [1.29, 1.82) is 0 Å². The van der Waals surface area contributed by atoms with Crippen LogP contribution in [0.5, 0.6) is 11.5 Å². The largest absolute Gasteiger partial charge is 0.454 e. The van der Waals surface area contributed by atoms with Gasteiger partial charge in [0.05, 0.1) is 16.5 Å². The second-order valence-corrected chi connectivity index (χ2v) is 7.53. The maximum absolute atomic E-state index is 12.4. The van der Waals surface area contributed by atoms with Gasteiger partial charge in [-0.1, -0.05) is 35.9 Å². The summed E-state index contributed by atoms with van der Waals surface area (Å²) in [5.74, 6) is 0.988. The van der Waals surface area contributed by atoms with E-state index in [1.807, 2.05) is 36.4 Å². The number of thioether (sulfide) groups is 1. The number of halogens is 1. The molecule has 3 aromatic rings. The molecule has 2 N–H and O–H groups in total. The zero-order chi connectivity index (χ0) is 20.6. The van der Waals surface area contributed by atoms with Gasteiger partial charge in [0, 0.05) is 17.5 Å². The molecule has 0 heterocycles. The van der Waals surface area contributed by atoms with Crippen LogP contribution >= 0.6 is 23.4 Å². The number of nitrogens with one attached hydrogen (secondary N) is 2. The van der Waals surface area contributed by atoms with Crippen LogP contribution in [0.1, 0.15) is 6.92 Å². The smallest absolute Gasteiger partial charge is 0.234 e. The van der Waals surface area contributed by atoms with Crippen molar-refractivity contribution in [3.8, 4) is 11.5 Å². The SMILES string of the molecule is CC(=O)Nc1ccc(SCC(=O)Nc2ccccc2Oc2ccccc2Cl)cc1. The molecule has 0 atom stereocenters. The van der Waals surface area contributed by atoms with E-state index >= 15 is 0 Å². The lowest BCUT2D eigenvalue weighted by molar-refractivity contribution is -0.114. The maximum atomic E-state index is 12.4. The van der Waals surface area contributed by atoms with Gasteiger partial charge in [-0.05, 0) is 48.5 Å². The molecule has 2 amide bonds. The van der Waals surface area contributed by atoms with Crippen LogP contribution in [-0.2, 0) is 9.59 Å². The van der Waals surface area contributed by atoms with Crippen LogP contribution < -0.4 is 15.4 Å². The molecule has 3 rings (SSSR count). The van der Waals surface area contributed by atoms with E-state index in [9.17, 15) is 9.59 Å². The van der Waals surface area contributed by atoms with E-state index in [4.69, 9.17) is 16.3 Å². The highest BCUT2D eigenvalue weighted by Crippen LogP contribution is 2.33. The zero-order valence-electron chi connectivity index (χ0n) is 15.6. The van der Waals surface area contributed by atoms with Crippen molar-refractivity contribution in [1.82, 2.24) is 0 Å². The highest BCUT2D eigenvalue weighted by molar-refractivity contribution is 8.00. The summed E-state index contributed by atoms with van der Waals surface area (Å²) in [5.41, 5.74) is 1.29. The van der Waals surface area contributed by atoms with Crippen LogP contribution in [0.25, 0.3) is 0 Å². The number of anilines is 2. The van der Waals surface area contributed by atoms with E-state index < -0.39 is 0 Å². The van der Waals surface area contributed by atoms with Gasteiger partial charge in [0.25, 0.3) is 0 Å². The Hall–Kier alpha value is -2.96. The Morgan fingerprint density at radius 1 is 0.897 bits per heavy atom. The van der Waals surface area contributed by atoms with Gasteiger partial charge in [0.1, 0.15) is 5.75 Å². The number of carbonyl (C=O) groups is 2. The van der Waals surface area contributed by atoms with Crippen molar-refractivity contribution >= 4 is 46.6 Å². The van der Waals surface area contributed by atoms with Crippen molar-refractivity contribution in [2.45, 2.75) is 11.8 Å². The number of amides is 2. The average molecular weight is 427 g/mol. The van der Waals surface area contributed by atoms with Gasteiger partial charge in [-0.3, -0.25) is 9.59 Å². The minimum absolute atomic E-state index is 0.123. The lowest BCUT2D eigenvalue weighted by atomic mass is 10.3. The normalized spacial score (nSPS) is 10.3. The van der Waals surface area contributed by atoms with Crippen LogP contribution in [-0.4, -0.2) is 17.6 Å². The second-order valence-electron chi connectivity index (χ2n) is 6.07. The first kappa shape index (κ1) is 20.8. The van der Waals surface area contributed by atoms with Gasteiger partial charge < -0.3 is 15.4 Å². The Balaban J connectivity index is 1.59. The van der Waals surface area contributed by atoms with Crippen molar-refractivity contribution in [2.24, 2.45) is 0 Å². The second kappa shape index (κ2) is 10.0. The monoisotopic (exact) mass is 426 g/mol. The van der Waals surface area contributed by atoms with E-state index in [2.05, 4.69) is 10.6 Å². The van der Waals surface area contributed by atoms with Gasteiger partial charge in [0.2, 0.25) is 11.8 Å². The van der Waals surface area contributed by atoms with Crippen LogP contribution in [0.4, 0.5) is 11.4 Å². The van der Waals surface area contributed by atoms with Crippen LogP contribution in [0, 0.1) is 0 Å². The third kappa shape index (κ3) is 6.27. The van der Waals surface area contributed by atoms with Gasteiger partial charge >= 0.3 is 0 Å². The van der Waals surface area contributed by atoms with Gasteiger partial charge in [-0.2, -0.15) is 0 Å². The molecule has 148 valence electrons. The van der Waals surface area contributed by atoms with Crippen molar-refractivity contribution in [2.75, 3.05) is 16.4 Å². The number of carbonyl (C=O) groups excluding carboxylic acids is 2. The molecule has 0 spiro atoms. The molecular weight excluding hydrogens is 408 g/mol. The molecule has 29 heavy (non-hydrogen) atoms. The fourth-order valence-corrected chi connectivity index (χ4v) is 3.35. The Labute approximate surface area is 178 Å². The van der Waals surface area contributed by atoms with E-state index in [1.54, 1.807) is 36.4 Å². The number of hydrogen-bond donors (Lipinski definition) is 2. The molecule has 0 saturated carbocycles. The molecule has 0 radical (unpaired) electrons. The third-order valence-electron chi connectivity index (χ3n) is 3.76. The Morgan fingerprint density at radius 2 is 1.55 bits per heavy atom. The van der Waals surface area contributed by atoms with Gasteiger partial charge in [-0.15, -0.1) is 11.8 Å². The molecule has 0 saturated heterocycles. The molecule has 7 heteroatoms. The summed E-state index contributed by atoms with van der Waals surface area (Å²) in [4.78, 5) is 24.4. The van der Waals surface area contributed by atoms with E-state index in [0.717, 1.165) is 10.6 Å². The lowest BCUT2D eigenvalue weighted by Crippen LogP contribution is -2.14. The van der Waals surface area contributed by atoms with E-state index in [1.165, 1.54) is 18.7 Å². The number of benzene rings is 3. The lowest BCUT2D eigenvalue weighted by Gasteiger charge is -2.13. The standard InChI is InChI=1S/C22H19ClN2O3S/c1-15(26)24-16-10-12-17(13-11-16)29-14-22(27)25-19-7-3-5-9-21(19)28-20-8-4-2-6-18(20)23/h2-13H,14H2,1H3,(H,24,26)(H,25,27). The molecule has 5 nitrogen and oxygen atoms in total. The number of rotatable bonds is 7. The summed E-state index contributed by atoms with van der Waals surface area (Å²) in [7, 11) is 0. The Morgan fingerprint density at radius 3 is 2.24 bits per heavy atom. The summed E-state index contributed by atoms with van der Waals surface area (Å²) in [6.07, 6.45) is 0. The fraction of sp³-hybridized carbons (Fsp3) is 0.0909. The summed E-state index contributed by atoms with van der Waals surface area (Å²) < 4.78 is 5.86. The average Bonchev–Trinajstić information content (AvgIpc) is 2.70. The summed E-state index contributed by atoms with van der Waals surface area (Å²) in [6, 6.07) is 21.7. The highest BCUT2D eigenvalue weighted by atomic mass is 35.5. The van der Waals surface area contributed by atoms with Crippen molar-refractivity contribution < 1.29 is 14.3 Å². The Bertz CT molecular complexity index is 1010.